The maximum absolute atomic E-state index is 13.1. The summed E-state index contributed by atoms with van der Waals surface area (Å²) in [6.07, 6.45) is 0. The molecular formula is C14H18FN3S. The van der Waals surface area contributed by atoms with Gasteiger partial charge in [0.05, 0.1) is 11.7 Å². The molecule has 0 aliphatic rings. The molecule has 2 rings (SSSR count). The second-order valence-corrected chi connectivity index (χ2v) is 5.66. The Labute approximate surface area is 116 Å². The number of aromatic nitrogens is 1. The first-order valence-electron chi connectivity index (χ1n) is 6.17. The van der Waals surface area contributed by atoms with Crippen molar-refractivity contribution in [3.63, 3.8) is 0 Å². The van der Waals surface area contributed by atoms with Crippen LogP contribution in [0.1, 0.15) is 29.2 Å². The topological polar surface area (TPSA) is 42.1 Å². The summed E-state index contributed by atoms with van der Waals surface area (Å²) in [7, 11) is 2.00. The van der Waals surface area contributed by atoms with Crippen LogP contribution in [0.4, 0.5) is 4.39 Å². The molecule has 0 radical (unpaired) electrons. The third-order valence-corrected chi connectivity index (χ3v) is 3.83. The van der Waals surface area contributed by atoms with Gasteiger partial charge in [0.15, 0.2) is 0 Å². The second-order valence-electron chi connectivity index (χ2n) is 4.77. The molecule has 19 heavy (non-hydrogen) atoms. The van der Waals surface area contributed by atoms with E-state index >= 15 is 0 Å². The minimum Gasteiger partial charge on any atom is -0.322 e. The van der Waals surface area contributed by atoms with Gasteiger partial charge in [-0.15, -0.1) is 11.3 Å². The van der Waals surface area contributed by atoms with Crippen molar-refractivity contribution in [1.82, 2.24) is 9.88 Å². The van der Waals surface area contributed by atoms with E-state index in [2.05, 4.69) is 9.88 Å². The van der Waals surface area contributed by atoms with Crippen molar-refractivity contribution in [1.29, 1.82) is 0 Å². The molecule has 1 unspecified atom stereocenters. The van der Waals surface area contributed by atoms with Crippen LogP contribution in [-0.2, 0) is 13.1 Å². The van der Waals surface area contributed by atoms with E-state index in [0.717, 1.165) is 22.8 Å². The van der Waals surface area contributed by atoms with Gasteiger partial charge in [0, 0.05) is 18.5 Å². The highest BCUT2D eigenvalue weighted by Crippen LogP contribution is 2.17. The number of hydrogen-bond acceptors (Lipinski definition) is 4. The zero-order valence-corrected chi connectivity index (χ0v) is 12.0. The molecular weight excluding hydrogens is 261 g/mol. The molecule has 0 fully saturated rings. The Hall–Kier alpha value is -1.30. The number of nitrogens with two attached hydrogens (primary N) is 1. The molecule has 0 aliphatic heterocycles. The van der Waals surface area contributed by atoms with Crippen molar-refractivity contribution in [2.45, 2.75) is 26.1 Å². The van der Waals surface area contributed by atoms with E-state index in [1.165, 1.54) is 6.07 Å². The highest BCUT2D eigenvalue weighted by Gasteiger charge is 2.08. The van der Waals surface area contributed by atoms with Crippen LogP contribution in [0.5, 0.6) is 0 Å². The first-order valence-corrected chi connectivity index (χ1v) is 7.05. The average molecular weight is 279 g/mol. The molecule has 5 heteroatoms. The molecule has 0 amide bonds. The number of hydrogen-bond donors (Lipinski definition) is 1. The molecule has 0 saturated heterocycles. The lowest BCUT2D eigenvalue weighted by atomic mass is 10.2. The molecule has 1 atom stereocenters. The van der Waals surface area contributed by atoms with Crippen LogP contribution >= 0.6 is 11.3 Å². The Morgan fingerprint density at radius 2 is 2.21 bits per heavy atom. The van der Waals surface area contributed by atoms with Gasteiger partial charge >= 0.3 is 0 Å². The standard InChI is InChI=1S/C14H18FN3S/c1-10(16)14-17-13(9-19-14)8-18(2)7-11-4-3-5-12(15)6-11/h3-6,9-10H,7-8,16H2,1-2H3. The number of rotatable bonds is 5. The van der Waals surface area contributed by atoms with E-state index < -0.39 is 0 Å². The lowest BCUT2D eigenvalue weighted by Gasteiger charge is -2.15. The summed E-state index contributed by atoms with van der Waals surface area (Å²) in [6, 6.07) is 6.65. The molecule has 0 bridgehead atoms. The van der Waals surface area contributed by atoms with Crippen LogP contribution in [0, 0.1) is 5.82 Å². The lowest BCUT2D eigenvalue weighted by molar-refractivity contribution is 0.315. The number of nitrogens with zero attached hydrogens (tertiary/aromatic N) is 2. The van der Waals surface area contributed by atoms with Crippen molar-refractivity contribution < 1.29 is 4.39 Å². The molecule has 0 aliphatic carbocycles. The molecule has 1 aromatic carbocycles. The highest BCUT2D eigenvalue weighted by molar-refractivity contribution is 7.09. The summed E-state index contributed by atoms with van der Waals surface area (Å²) in [6.45, 7) is 3.36. The third-order valence-electron chi connectivity index (χ3n) is 2.73. The molecule has 1 heterocycles. The number of benzene rings is 1. The summed E-state index contributed by atoms with van der Waals surface area (Å²) < 4.78 is 13.1. The summed E-state index contributed by atoms with van der Waals surface area (Å²) in [5.41, 5.74) is 7.76. The van der Waals surface area contributed by atoms with Crippen molar-refractivity contribution in [2.24, 2.45) is 5.73 Å². The summed E-state index contributed by atoms with van der Waals surface area (Å²) in [5, 5.41) is 2.98. The SMILES string of the molecule is CC(N)c1nc(CN(C)Cc2cccc(F)c2)cs1. The highest BCUT2D eigenvalue weighted by atomic mass is 32.1. The predicted molar refractivity (Wildman–Crippen MR) is 76.3 cm³/mol. The van der Waals surface area contributed by atoms with Crippen LogP contribution in [0.2, 0.25) is 0 Å². The summed E-state index contributed by atoms with van der Waals surface area (Å²) in [4.78, 5) is 6.59. The fourth-order valence-corrected chi connectivity index (χ4v) is 2.65. The van der Waals surface area contributed by atoms with Gasteiger partial charge in [0.2, 0.25) is 0 Å². The Bertz CT molecular complexity index is 539. The average Bonchev–Trinajstić information content (AvgIpc) is 2.77. The Morgan fingerprint density at radius 1 is 1.42 bits per heavy atom. The van der Waals surface area contributed by atoms with E-state index in [1.807, 2.05) is 25.4 Å². The van der Waals surface area contributed by atoms with Crippen LogP contribution in [0.15, 0.2) is 29.6 Å². The van der Waals surface area contributed by atoms with Gasteiger partial charge < -0.3 is 5.73 Å². The number of thiazole rings is 1. The minimum atomic E-state index is -0.196. The van der Waals surface area contributed by atoms with E-state index in [4.69, 9.17) is 5.73 Å². The van der Waals surface area contributed by atoms with Gasteiger partial charge in [-0.3, -0.25) is 4.90 Å². The van der Waals surface area contributed by atoms with E-state index in [1.54, 1.807) is 23.5 Å². The molecule has 0 spiro atoms. The number of halogens is 1. The van der Waals surface area contributed by atoms with Crippen LogP contribution < -0.4 is 5.73 Å². The largest absolute Gasteiger partial charge is 0.322 e. The Balaban J connectivity index is 1.95. The first kappa shape index (κ1) is 14.1. The zero-order chi connectivity index (χ0) is 13.8. The van der Waals surface area contributed by atoms with E-state index in [9.17, 15) is 4.39 Å². The monoisotopic (exact) mass is 279 g/mol. The van der Waals surface area contributed by atoms with Crippen molar-refractivity contribution in [3.8, 4) is 0 Å². The smallest absolute Gasteiger partial charge is 0.123 e. The van der Waals surface area contributed by atoms with Crippen molar-refractivity contribution in [3.05, 3.63) is 51.7 Å². The van der Waals surface area contributed by atoms with Crippen LogP contribution in [-0.4, -0.2) is 16.9 Å². The molecule has 102 valence electrons. The van der Waals surface area contributed by atoms with Gasteiger partial charge in [-0.25, -0.2) is 9.37 Å². The van der Waals surface area contributed by atoms with Gasteiger partial charge in [-0.1, -0.05) is 12.1 Å². The maximum Gasteiger partial charge on any atom is 0.123 e. The van der Waals surface area contributed by atoms with Gasteiger partial charge in [0.25, 0.3) is 0 Å². The molecule has 2 N–H and O–H groups in total. The van der Waals surface area contributed by atoms with Gasteiger partial charge in [-0.05, 0) is 31.7 Å². The minimum absolute atomic E-state index is 0.0210. The third kappa shape index (κ3) is 4.09. The summed E-state index contributed by atoms with van der Waals surface area (Å²) in [5.74, 6) is -0.196. The molecule has 1 aromatic heterocycles. The van der Waals surface area contributed by atoms with Crippen LogP contribution in [0.3, 0.4) is 0 Å². The van der Waals surface area contributed by atoms with Gasteiger partial charge in [-0.2, -0.15) is 0 Å². The van der Waals surface area contributed by atoms with E-state index in [-0.39, 0.29) is 11.9 Å². The second kappa shape index (κ2) is 6.23. The lowest BCUT2D eigenvalue weighted by Crippen LogP contribution is -2.17. The van der Waals surface area contributed by atoms with Crippen LogP contribution in [0.25, 0.3) is 0 Å². The Morgan fingerprint density at radius 3 is 2.84 bits per heavy atom. The maximum atomic E-state index is 13.1. The predicted octanol–water partition coefficient (Wildman–Crippen LogP) is 2.93. The van der Waals surface area contributed by atoms with E-state index in [0.29, 0.717) is 6.54 Å². The van der Waals surface area contributed by atoms with Gasteiger partial charge in [0.1, 0.15) is 10.8 Å². The Kier molecular flexibility index (Phi) is 4.63. The first-order chi connectivity index (χ1) is 9.04. The fraction of sp³-hybridized carbons (Fsp3) is 0.357. The molecule has 0 saturated carbocycles. The quantitative estimate of drug-likeness (QED) is 0.915. The summed E-state index contributed by atoms with van der Waals surface area (Å²) >= 11 is 1.59. The van der Waals surface area contributed by atoms with Crippen molar-refractivity contribution >= 4 is 11.3 Å². The normalized spacial score (nSPS) is 12.9. The molecule has 3 nitrogen and oxygen atoms in total. The fourth-order valence-electron chi connectivity index (χ4n) is 1.88. The zero-order valence-electron chi connectivity index (χ0n) is 11.1. The molecule has 2 aromatic rings. The van der Waals surface area contributed by atoms with Crippen molar-refractivity contribution in [2.75, 3.05) is 7.05 Å².